The third-order valence-corrected chi connectivity index (χ3v) is 10.0. The summed E-state index contributed by atoms with van der Waals surface area (Å²) in [4.78, 5) is 5.33. The van der Waals surface area contributed by atoms with E-state index in [9.17, 15) is 0 Å². The highest BCUT2D eigenvalue weighted by molar-refractivity contribution is 6.07. The Morgan fingerprint density at radius 1 is 0.739 bits per heavy atom. The third kappa shape index (κ3) is 2.68. The number of nitrogens with zero attached hydrogens (tertiary/aromatic N) is 6. The second-order valence-corrected chi connectivity index (χ2v) is 12.5. The van der Waals surface area contributed by atoms with E-state index in [0.29, 0.717) is 0 Å². The van der Waals surface area contributed by atoms with Gasteiger partial charge in [-0.3, -0.25) is 0 Å². The largest absolute Gasteiger partial charge is 0.453 e. The lowest BCUT2D eigenvalue weighted by Gasteiger charge is -2.32. The SMILES string of the molecule is Cc1cc(-c2ccccc2)cc(C)c1-c1nc2n(n1)C13c4c(cccc4-n4c5ccccc5c5ccc[n+]1c54)Oc1cccc-2[n+]13. The van der Waals surface area contributed by atoms with Gasteiger partial charge in [0.25, 0.3) is 5.69 Å². The first-order valence-electron chi connectivity index (χ1n) is 15.6. The molecule has 1 spiro atoms. The molecule has 7 heterocycles. The number of aromatic nitrogens is 6. The van der Waals surface area contributed by atoms with E-state index in [4.69, 9.17) is 14.8 Å². The molecule has 0 fully saturated rings. The zero-order valence-corrected chi connectivity index (χ0v) is 25.1. The van der Waals surface area contributed by atoms with E-state index < -0.39 is 5.79 Å². The van der Waals surface area contributed by atoms with Gasteiger partial charge in [-0.15, -0.1) is 14.3 Å². The standard InChI is InChI=1S/C39H26N6O/c1-23-21-26(25-11-4-3-5-12-25)22-24(2)34(23)36-40-37-31-17-9-19-33-44(31)39(45(37)41-36)35-30(16-8-18-32(35)46-33)43-29-15-7-6-13-27(29)28-14-10-20-42(39)38(28)43/h3-22H,1-2H3/q+2. The maximum Gasteiger partial charge on any atom is 0.453 e. The van der Waals surface area contributed by atoms with Gasteiger partial charge < -0.3 is 4.74 Å². The Bertz CT molecular complexity index is 2630. The molecule has 3 aliphatic rings. The molecule has 1 atom stereocenters. The van der Waals surface area contributed by atoms with Crippen molar-refractivity contribution in [3.8, 4) is 51.3 Å². The number of para-hydroxylation sites is 1. The van der Waals surface area contributed by atoms with Crippen LogP contribution < -0.4 is 13.9 Å². The predicted molar refractivity (Wildman–Crippen MR) is 175 cm³/mol. The molecule has 7 heteroatoms. The summed E-state index contributed by atoms with van der Waals surface area (Å²) in [6.45, 7) is 4.33. The molecule has 8 aromatic rings. The Kier molecular flexibility index (Phi) is 4.29. The summed E-state index contributed by atoms with van der Waals surface area (Å²) in [6.07, 6.45) is 2.18. The van der Waals surface area contributed by atoms with Crippen LogP contribution in [0.15, 0.2) is 121 Å². The Hall–Kier alpha value is -6.08. The molecule has 46 heavy (non-hydrogen) atoms. The summed E-state index contributed by atoms with van der Waals surface area (Å²) in [7, 11) is 0. The van der Waals surface area contributed by atoms with Gasteiger partial charge in [-0.05, 0) is 78.6 Å². The molecule has 0 amide bonds. The number of pyridine rings is 2. The average molecular weight is 595 g/mol. The average Bonchev–Trinajstić information content (AvgIpc) is 3.74. The van der Waals surface area contributed by atoms with Crippen LogP contribution in [0.2, 0.25) is 0 Å². The van der Waals surface area contributed by atoms with Gasteiger partial charge in [0, 0.05) is 17.0 Å². The van der Waals surface area contributed by atoms with Crippen molar-refractivity contribution in [3.05, 3.63) is 138 Å². The van der Waals surface area contributed by atoms with E-state index in [1.165, 1.54) is 21.9 Å². The third-order valence-electron chi connectivity index (χ3n) is 10.0. The molecule has 0 N–H and O–H groups in total. The fraction of sp³-hybridized carbons (Fsp3) is 0.0769. The lowest BCUT2D eigenvalue weighted by molar-refractivity contribution is -0.974. The van der Waals surface area contributed by atoms with Crippen LogP contribution in [0.4, 0.5) is 0 Å². The van der Waals surface area contributed by atoms with Gasteiger partial charge in [-0.2, -0.15) is 4.57 Å². The minimum absolute atomic E-state index is 0.722. The zero-order chi connectivity index (χ0) is 30.3. The molecule has 4 aromatic carbocycles. The van der Waals surface area contributed by atoms with Crippen LogP contribution >= 0.6 is 0 Å². The highest BCUT2D eigenvalue weighted by Gasteiger charge is 2.69. The number of hydrogen-bond donors (Lipinski definition) is 0. The Morgan fingerprint density at radius 2 is 1.52 bits per heavy atom. The predicted octanol–water partition coefficient (Wildman–Crippen LogP) is 7.06. The molecule has 4 aromatic heterocycles. The normalized spacial score (nSPS) is 16.3. The maximum atomic E-state index is 6.69. The minimum atomic E-state index is -0.896. The second kappa shape index (κ2) is 8.14. The molecular weight excluding hydrogens is 568 g/mol. The molecule has 0 saturated carbocycles. The van der Waals surface area contributed by atoms with Crippen molar-refractivity contribution in [2.75, 3.05) is 0 Å². The molecule has 3 aliphatic heterocycles. The van der Waals surface area contributed by atoms with Crippen molar-refractivity contribution in [2.24, 2.45) is 0 Å². The fourth-order valence-electron chi connectivity index (χ4n) is 8.31. The quantitative estimate of drug-likeness (QED) is 0.202. The number of hydrogen-bond acceptors (Lipinski definition) is 3. The molecule has 0 saturated heterocycles. The molecule has 0 radical (unpaired) electrons. The van der Waals surface area contributed by atoms with Crippen LogP contribution in [0.1, 0.15) is 16.7 Å². The van der Waals surface area contributed by atoms with E-state index >= 15 is 0 Å². The number of benzene rings is 4. The first kappa shape index (κ1) is 24.3. The lowest BCUT2D eigenvalue weighted by Crippen LogP contribution is -2.78. The van der Waals surface area contributed by atoms with Gasteiger partial charge in [0.05, 0.1) is 11.5 Å². The number of rotatable bonds is 2. The van der Waals surface area contributed by atoms with E-state index in [-0.39, 0.29) is 0 Å². The topological polar surface area (TPSA) is 52.6 Å². The molecule has 0 bridgehead atoms. The summed E-state index contributed by atoms with van der Waals surface area (Å²) < 4.78 is 15.8. The van der Waals surface area contributed by atoms with Gasteiger partial charge in [0.1, 0.15) is 11.7 Å². The Labute approximate surface area is 263 Å². The van der Waals surface area contributed by atoms with Crippen molar-refractivity contribution >= 4 is 21.9 Å². The maximum absolute atomic E-state index is 6.69. The molecule has 7 nitrogen and oxygen atoms in total. The molecule has 1 unspecified atom stereocenters. The van der Waals surface area contributed by atoms with Crippen LogP contribution in [0.5, 0.6) is 11.6 Å². The highest BCUT2D eigenvalue weighted by Crippen LogP contribution is 2.50. The van der Waals surface area contributed by atoms with Gasteiger partial charge >= 0.3 is 17.3 Å². The zero-order valence-electron chi connectivity index (χ0n) is 25.1. The minimum Gasteiger partial charge on any atom is -0.404 e. The Balaban J connectivity index is 1.26. The van der Waals surface area contributed by atoms with E-state index in [2.05, 4.69) is 142 Å². The molecule has 216 valence electrons. The summed E-state index contributed by atoms with van der Waals surface area (Å²) >= 11 is 0. The van der Waals surface area contributed by atoms with Crippen molar-refractivity contribution in [1.29, 1.82) is 0 Å². The first-order chi connectivity index (χ1) is 22.6. The van der Waals surface area contributed by atoms with Crippen LogP contribution in [0.25, 0.3) is 61.7 Å². The van der Waals surface area contributed by atoms with Crippen molar-refractivity contribution in [3.63, 3.8) is 0 Å². The molecule has 11 rings (SSSR count). The highest BCUT2D eigenvalue weighted by atomic mass is 16.5. The van der Waals surface area contributed by atoms with Gasteiger partial charge in [-0.1, -0.05) is 65.2 Å². The smallest absolute Gasteiger partial charge is 0.404 e. The summed E-state index contributed by atoms with van der Waals surface area (Å²) in [5.74, 6) is 2.20. The van der Waals surface area contributed by atoms with Crippen LogP contribution in [0, 0.1) is 13.8 Å². The lowest BCUT2D eigenvalue weighted by atomic mass is 9.95. The van der Waals surface area contributed by atoms with Gasteiger partial charge in [0.15, 0.2) is 22.8 Å². The number of aryl methyl sites for hydroxylation is 2. The van der Waals surface area contributed by atoms with E-state index in [1.807, 2.05) is 12.1 Å². The van der Waals surface area contributed by atoms with Gasteiger partial charge in [0.2, 0.25) is 5.82 Å². The summed E-state index contributed by atoms with van der Waals surface area (Å²) in [5.41, 5.74) is 11.1. The van der Waals surface area contributed by atoms with Gasteiger partial charge in [-0.25, -0.2) is 4.98 Å². The number of ether oxygens (including phenoxy) is 1. The molecular formula is C39H26N6O+2. The second-order valence-electron chi connectivity index (χ2n) is 12.5. The summed E-state index contributed by atoms with van der Waals surface area (Å²) in [6, 6.07) is 40.6. The van der Waals surface area contributed by atoms with Crippen LogP contribution in [-0.2, 0) is 5.79 Å². The van der Waals surface area contributed by atoms with E-state index in [1.54, 1.807) is 0 Å². The van der Waals surface area contributed by atoms with Crippen LogP contribution in [0.3, 0.4) is 0 Å². The monoisotopic (exact) mass is 594 g/mol. The van der Waals surface area contributed by atoms with Crippen molar-refractivity contribution in [1.82, 2.24) is 19.3 Å². The fourth-order valence-corrected chi connectivity index (χ4v) is 8.31. The summed E-state index contributed by atoms with van der Waals surface area (Å²) in [5, 5.41) is 7.85. The van der Waals surface area contributed by atoms with Crippen LogP contribution in [-0.4, -0.2) is 19.3 Å². The van der Waals surface area contributed by atoms with E-state index in [0.717, 1.165) is 68.1 Å². The molecule has 0 aliphatic carbocycles. The first-order valence-corrected chi connectivity index (χ1v) is 15.6. The Morgan fingerprint density at radius 3 is 2.39 bits per heavy atom. The van der Waals surface area contributed by atoms with Crippen molar-refractivity contribution < 1.29 is 13.9 Å². The van der Waals surface area contributed by atoms with Crippen molar-refractivity contribution in [2.45, 2.75) is 19.6 Å². The number of fused-ring (bicyclic) bond motifs is 6.